The number of hydrogen-bond acceptors (Lipinski definition) is 2. The number of hydrogen-bond donors (Lipinski definition) is 1. The van der Waals surface area contributed by atoms with Crippen LogP contribution >= 0.6 is 27.5 Å². The third kappa shape index (κ3) is 2.70. The molecule has 1 N–H and O–H groups in total. The largest absolute Gasteiger partial charge is 0.328 e. The predicted molar refractivity (Wildman–Crippen MR) is 54.4 cm³/mol. The number of H-pyrrole nitrogens is 1. The Labute approximate surface area is 87.7 Å². The Balaban J connectivity index is 3.02. The zero-order chi connectivity index (χ0) is 9.84. The van der Waals surface area contributed by atoms with Gasteiger partial charge in [-0.2, -0.15) is 0 Å². The van der Waals surface area contributed by atoms with Crippen molar-refractivity contribution < 1.29 is 0 Å². The molecule has 0 aliphatic rings. The van der Waals surface area contributed by atoms with E-state index in [-0.39, 0.29) is 0 Å². The maximum Gasteiger partial charge on any atom is 0.328 e. The van der Waals surface area contributed by atoms with E-state index in [1.807, 2.05) is 0 Å². The second kappa shape index (κ2) is 4.62. The van der Waals surface area contributed by atoms with E-state index in [4.69, 9.17) is 11.6 Å². The maximum atomic E-state index is 11.1. The Morgan fingerprint density at radius 2 is 2.23 bits per heavy atom. The van der Waals surface area contributed by atoms with Crippen LogP contribution in [0.1, 0.15) is 6.42 Å². The molecule has 6 heteroatoms. The second-order valence-electron chi connectivity index (χ2n) is 2.47. The second-order valence-corrected chi connectivity index (χ2v) is 3.70. The van der Waals surface area contributed by atoms with Crippen molar-refractivity contribution in [3.8, 4) is 0 Å². The molecule has 0 spiro atoms. The summed E-state index contributed by atoms with van der Waals surface area (Å²) in [6.45, 7) is 0.512. The van der Waals surface area contributed by atoms with E-state index in [9.17, 15) is 9.59 Å². The molecule has 1 heterocycles. The van der Waals surface area contributed by atoms with Crippen LogP contribution < -0.4 is 11.2 Å². The molecule has 0 unspecified atom stereocenters. The van der Waals surface area contributed by atoms with Crippen LogP contribution in [0.15, 0.2) is 20.3 Å². The number of aryl methyl sites for hydroxylation is 1. The molecule has 0 aliphatic heterocycles. The van der Waals surface area contributed by atoms with E-state index in [1.165, 1.54) is 10.8 Å². The summed E-state index contributed by atoms with van der Waals surface area (Å²) in [5.74, 6) is 0.489. The van der Waals surface area contributed by atoms with Gasteiger partial charge in [-0.1, -0.05) is 0 Å². The summed E-state index contributed by atoms with van der Waals surface area (Å²) in [6, 6.07) is 0. The van der Waals surface area contributed by atoms with E-state index in [0.29, 0.717) is 23.3 Å². The summed E-state index contributed by atoms with van der Waals surface area (Å²) in [6.07, 6.45) is 2.16. The number of aromatic nitrogens is 2. The average Bonchev–Trinajstić information content (AvgIpc) is 2.09. The summed E-state index contributed by atoms with van der Waals surface area (Å²) < 4.78 is 1.76. The molecule has 1 aromatic heterocycles. The quantitative estimate of drug-likeness (QED) is 0.828. The van der Waals surface area contributed by atoms with Gasteiger partial charge < -0.3 is 0 Å². The predicted octanol–water partition coefficient (Wildman–Crippen LogP) is 0.928. The number of nitrogens with one attached hydrogen (secondary N) is 1. The monoisotopic (exact) mass is 266 g/mol. The van der Waals surface area contributed by atoms with Crippen molar-refractivity contribution in [3.05, 3.63) is 31.5 Å². The normalized spacial score (nSPS) is 10.3. The minimum atomic E-state index is -0.410. The number of rotatable bonds is 3. The first-order chi connectivity index (χ1) is 6.15. The molecular formula is C7H8BrClN2O2. The lowest BCUT2D eigenvalue weighted by Crippen LogP contribution is -2.29. The first kappa shape index (κ1) is 10.5. The Hall–Kier alpha value is -0.550. The molecule has 0 bridgehead atoms. The van der Waals surface area contributed by atoms with Gasteiger partial charge in [0.1, 0.15) is 0 Å². The fourth-order valence-electron chi connectivity index (χ4n) is 0.879. The summed E-state index contributed by atoms with van der Waals surface area (Å²) in [7, 11) is 0. The van der Waals surface area contributed by atoms with Crippen LogP contribution in [0.4, 0.5) is 0 Å². The minimum absolute atomic E-state index is 0.349. The van der Waals surface area contributed by atoms with Crippen molar-refractivity contribution in [1.29, 1.82) is 0 Å². The average molecular weight is 268 g/mol. The van der Waals surface area contributed by atoms with Gasteiger partial charge in [-0.25, -0.2) is 4.79 Å². The first-order valence-corrected chi connectivity index (χ1v) is 5.03. The molecule has 0 fully saturated rings. The molecule has 0 saturated heterocycles. The van der Waals surface area contributed by atoms with Crippen molar-refractivity contribution in [2.45, 2.75) is 13.0 Å². The van der Waals surface area contributed by atoms with Crippen molar-refractivity contribution in [2.75, 3.05) is 5.88 Å². The zero-order valence-corrected chi connectivity index (χ0v) is 9.06. The number of alkyl halides is 1. The minimum Gasteiger partial charge on any atom is -0.299 e. The van der Waals surface area contributed by atoms with Crippen molar-refractivity contribution in [3.63, 3.8) is 0 Å². The van der Waals surface area contributed by atoms with Gasteiger partial charge in [0.05, 0.1) is 4.47 Å². The Kier molecular flexibility index (Phi) is 3.74. The Bertz CT molecular complexity index is 398. The molecule has 0 amide bonds. The van der Waals surface area contributed by atoms with E-state index in [0.717, 1.165) is 0 Å². The third-order valence-electron chi connectivity index (χ3n) is 1.50. The highest BCUT2D eigenvalue weighted by molar-refractivity contribution is 9.10. The van der Waals surface area contributed by atoms with Gasteiger partial charge in [0, 0.05) is 18.6 Å². The highest BCUT2D eigenvalue weighted by atomic mass is 79.9. The zero-order valence-electron chi connectivity index (χ0n) is 6.72. The number of nitrogens with zero attached hydrogens (tertiary/aromatic N) is 1. The fraction of sp³-hybridized carbons (Fsp3) is 0.429. The van der Waals surface area contributed by atoms with Crippen LogP contribution in [0, 0.1) is 0 Å². The molecule has 72 valence electrons. The molecule has 0 radical (unpaired) electrons. The molecule has 0 aromatic carbocycles. The molecule has 0 saturated carbocycles. The third-order valence-corrected chi connectivity index (χ3v) is 2.33. The SMILES string of the molecule is O=c1[nH]c(=O)n(CCCCl)cc1Br. The molecular weight excluding hydrogens is 259 g/mol. The lowest BCUT2D eigenvalue weighted by molar-refractivity contribution is 0.631. The lowest BCUT2D eigenvalue weighted by atomic mass is 10.4. The molecule has 0 aliphatic carbocycles. The van der Waals surface area contributed by atoms with Crippen LogP contribution in [-0.4, -0.2) is 15.4 Å². The van der Waals surface area contributed by atoms with E-state index >= 15 is 0 Å². The van der Waals surface area contributed by atoms with Crippen molar-refractivity contribution >= 4 is 27.5 Å². The Morgan fingerprint density at radius 1 is 1.54 bits per heavy atom. The van der Waals surface area contributed by atoms with Crippen LogP contribution in [0.3, 0.4) is 0 Å². The van der Waals surface area contributed by atoms with E-state index < -0.39 is 11.2 Å². The summed E-state index contributed by atoms with van der Waals surface area (Å²) in [5, 5.41) is 0. The van der Waals surface area contributed by atoms with Gasteiger partial charge in [-0.05, 0) is 22.4 Å². The van der Waals surface area contributed by atoms with Gasteiger partial charge >= 0.3 is 5.69 Å². The Morgan fingerprint density at radius 3 is 2.85 bits per heavy atom. The maximum absolute atomic E-state index is 11.1. The highest BCUT2D eigenvalue weighted by Crippen LogP contribution is 1.98. The molecule has 0 atom stereocenters. The molecule has 1 rings (SSSR count). The van der Waals surface area contributed by atoms with Crippen LogP contribution in [0.5, 0.6) is 0 Å². The number of halogens is 2. The summed E-state index contributed by atoms with van der Waals surface area (Å²) in [5.41, 5.74) is -0.814. The number of aromatic amines is 1. The van der Waals surface area contributed by atoms with Crippen molar-refractivity contribution in [2.24, 2.45) is 0 Å². The fourth-order valence-corrected chi connectivity index (χ4v) is 1.34. The van der Waals surface area contributed by atoms with Gasteiger partial charge in [0.25, 0.3) is 5.56 Å². The molecule has 1 aromatic rings. The summed E-state index contributed by atoms with van der Waals surface area (Å²) in [4.78, 5) is 24.2. The van der Waals surface area contributed by atoms with E-state index in [2.05, 4.69) is 20.9 Å². The van der Waals surface area contributed by atoms with Gasteiger partial charge in [-0.3, -0.25) is 14.3 Å². The smallest absolute Gasteiger partial charge is 0.299 e. The van der Waals surface area contributed by atoms with Gasteiger partial charge in [0.15, 0.2) is 0 Å². The van der Waals surface area contributed by atoms with Crippen molar-refractivity contribution in [1.82, 2.24) is 9.55 Å². The highest BCUT2D eigenvalue weighted by Gasteiger charge is 2.00. The summed E-state index contributed by atoms with van der Waals surface area (Å²) >= 11 is 8.51. The first-order valence-electron chi connectivity index (χ1n) is 3.70. The van der Waals surface area contributed by atoms with Crippen LogP contribution in [0.2, 0.25) is 0 Å². The van der Waals surface area contributed by atoms with Crippen LogP contribution in [0.25, 0.3) is 0 Å². The molecule has 4 nitrogen and oxygen atoms in total. The van der Waals surface area contributed by atoms with Gasteiger partial charge in [0.2, 0.25) is 0 Å². The topological polar surface area (TPSA) is 54.9 Å². The van der Waals surface area contributed by atoms with Gasteiger partial charge in [-0.15, -0.1) is 11.6 Å². The lowest BCUT2D eigenvalue weighted by Gasteiger charge is -2.02. The standard InChI is InChI=1S/C7H8BrClN2O2/c8-5-4-11(3-1-2-9)7(13)10-6(5)12/h4H,1-3H2,(H,10,12,13). The van der Waals surface area contributed by atoms with Crippen LogP contribution in [-0.2, 0) is 6.54 Å². The molecule has 13 heavy (non-hydrogen) atoms. The van der Waals surface area contributed by atoms with E-state index in [1.54, 1.807) is 0 Å².